The van der Waals surface area contributed by atoms with Crippen LogP contribution in [0.2, 0.25) is 0 Å². The van der Waals surface area contributed by atoms with Crippen molar-refractivity contribution < 1.29 is 14.3 Å². The lowest BCUT2D eigenvalue weighted by Crippen LogP contribution is -2.45. The third kappa shape index (κ3) is 4.58. The maximum absolute atomic E-state index is 12.5. The smallest absolute Gasteiger partial charge is 0.338 e. The molecule has 1 aromatic carbocycles. The minimum Gasteiger partial charge on any atom is -0.462 e. The summed E-state index contributed by atoms with van der Waals surface area (Å²) in [4.78, 5) is 24.3. The van der Waals surface area contributed by atoms with Gasteiger partial charge in [0.1, 0.15) is 0 Å². The summed E-state index contributed by atoms with van der Waals surface area (Å²) >= 11 is 3.41. The minimum atomic E-state index is -0.514. The summed E-state index contributed by atoms with van der Waals surface area (Å²) in [6.45, 7) is 4.20. The second-order valence-electron chi connectivity index (χ2n) is 5.47. The van der Waals surface area contributed by atoms with Crippen LogP contribution in [0.15, 0.2) is 40.0 Å². The molecule has 1 aromatic rings. The molecule has 0 radical (unpaired) electrons. The molecule has 0 fully saturated rings. The molecule has 0 spiro atoms. The van der Waals surface area contributed by atoms with Crippen molar-refractivity contribution in [2.24, 2.45) is 0 Å². The number of unbranched alkanes of at least 4 members (excludes halogenated alkanes) is 2. The average Bonchev–Trinajstić information content (AvgIpc) is 2.50. The van der Waals surface area contributed by atoms with E-state index in [-0.39, 0.29) is 6.03 Å². The van der Waals surface area contributed by atoms with E-state index < -0.39 is 12.0 Å². The summed E-state index contributed by atoms with van der Waals surface area (Å²) in [6.07, 6.45) is 2.93. The zero-order valence-corrected chi connectivity index (χ0v) is 14.9. The molecule has 0 saturated carbocycles. The fourth-order valence-electron chi connectivity index (χ4n) is 2.50. The van der Waals surface area contributed by atoms with Crippen LogP contribution in [0.5, 0.6) is 0 Å². The number of hydrogen-bond acceptors (Lipinski definition) is 3. The van der Waals surface area contributed by atoms with Crippen molar-refractivity contribution in [1.82, 2.24) is 10.6 Å². The van der Waals surface area contributed by atoms with E-state index in [2.05, 4.69) is 33.5 Å². The topological polar surface area (TPSA) is 67.4 Å². The first-order valence-electron chi connectivity index (χ1n) is 7.73. The molecule has 2 amide bonds. The third-order valence-electron chi connectivity index (χ3n) is 3.65. The van der Waals surface area contributed by atoms with E-state index in [9.17, 15) is 9.59 Å². The number of halogens is 1. The molecular weight excluding hydrogens is 360 g/mol. The van der Waals surface area contributed by atoms with Gasteiger partial charge in [-0.1, -0.05) is 47.8 Å². The van der Waals surface area contributed by atoms with Gasteiger partial charge in [-0.25, -0.2) is 9.59 Å². The number of benzene rings is 1. The van der Waals surface area contributed by atoms with Gasteiger partial charge in [0.25, 0.3) is 0 Å². The van der Waals surface area contributed by atoms with Gasteiger partial charge in [0.2, 0.25) is 0 Å². The molecule has 23 heavy (non-hydrogen) atoms. The van der Waals surface area contributed by atoms with Gasteiger partial charge in [-0.15, -0.1) is 0 Å². The Morgan fingerprint density at radius 2 is 2.13 bits per heavy atom. The van der Waals surface area contributed by atoms with Crippen molar-refractivity contribution >= 4 is 27.9 Å². The molecular formula is C17H21BrN2O3. The van der Waals surface area contributed by atoms with Crippen molar-refractivity contribution in [2.45, 2.75) is 39.2 Å². The van der Waals surface area contributed by atoms with Crippen LogP contribution in [0.3, 0.4) is 0 Å². The van der Waals surface area contributed by atoms with Gasteiger partial charge in [-0.3, -0.25) is 0 Å². The Morgan fingerprint density at radius 1 is 1.35 bits per heavy atom. The molecule has 0 aromatic heterocycles. The summed E-state index contributed by atoms with van der Waals surface area (Å²) in [5.74, 6) is -0.393. The first kappa shape index (κ1) is 17.5. The van der Waals surface area contributed by atoms with Crippen LogP contribution in [0.25, 0.3) is 0 Å². The first-order valence-corrected chi connectivity index (χ1v) is 8.53. The quantitative estimate of drug-likeness (QED) is 0.582. The molecule has 1 aliphatic rings. The van der Waals surface area contributed by atoms with Crippen LogP contribution >= 0.6 is 15.9 Å². The molecule has 6 heteroatoms. The number of allylic oxidation sites excluding steroid dienone is 1. The standard InChI is InChI=1S/C17H21BrN2O3/c1-3-4-5-9-23-16(21)14-11(2)19-17(22)20-15(14)12-7-6-8-13(18)10-12/h6-8,10,15H,3-5,9H2,1-2H3,(H2,19,20,22)/t15-/m0/s1. The van der Waals surface area contributed by atoms with Crippen molar-refractivity contribution in [3.8, 4) is 0 Å². The van der Waals surface area contributed by atoms with Gasteiger partial charge >= 0.3 is 12.0 Å². The Kier molecular flexibility index (Phi) is 6.21. The number of rotatable bonds is 6. The summed E-state index contributed by atoms with van der Waals surface area (Å²) < 4.78 is 6.26. The average molecular weight is 381 g/mol. The number of nitrogens with one attached hydrogen (secondary N) is 2. The normalized spacial score (nSPS) is 17.5. The van der Waals surface area contributed by atoms with E-state index in [1.165, 1.54) is 0 Å². The largest absolute Gasteiger partial charge is 0.462 e. The number of hydrogen-bond donors (Lipinski definition) is 2. The maximum Gasteiger partial charge on any atom is 0.338 e. The molecule has 2 N–H and O–H groups in total. The summed E-state index contributed by atoms with van der Waals surface area (Å²) in [7, 11) is 0. The van der Waals surface area contributed by atoms with Gasteiger partial charge in [-0.05, 0) is 31.0 Å². The van der Waals surface area contributed by atoms with E-state index in [1.54, 1.807) is 6.92 Å². The molecule has 0 unspecified atom stereocenters. The lowest BCUT2D eigenvalue weighted by atomic mass is 9.96. The molecule has 0 saturated heterocycles. The predicted octanol–water partition coefficient (Wildman–Crippen LogP) is 3.81. The maximum atomic E-state index is 12.5. The zero-order chi connectivity index (χ0) is 16.8. The summed E-state index contributed by atoms with van der Waals surface area (Å²) in [6, 6.07) is 6.68. The highest BCUT2D eigenvalue weighted by molar-refractivity contribution is 9.10. The Morgan fingerprint density at radius 3 is 2.83 bits per heavy atom. The monoisotopic (exact) mass is 380 g/mol. The lowest BCUT2D eigenvalue weighted by Gasteiger charge is -2.28. The third-order valence-corrected chi connectivity index (χ3v) is 4.15. The number of esters is 1. The predicted molar refractivity (Wildman–Crippen MR) is 91.7 cm³/mol. The molecule has 124 valence electrons. The number of amides is 2. The number of carbonyl (C=O) groups excluding carboxylic acids is 2. The van der Waals surface area contributed by atoms with Crippen molar-refractivity contribution in [3.63, 3.8) is 0 Å². The second kappa shape index (κ2) is 8.15. The summed E-state index contributed by atoms with van der Waals surface area (Å²) in [5.41, 5.74) is 1.80. The number of ether oxygens (including phenoxy) is 1. The van der Waals surface area contributed by atoms with Crippen LogP contribution < -0.4 is 10.6 Å². The fraction of sp³-hybridized carbons (Fsp3) is 0.412. The molecule has 2 rings (SSSR count). The zero-order valence-electron chi connectivity index (χ0n) is 13.3. The van der Waals surface area contributed by atoms with Crippen molar-refractivity contribution in [2.75, 3.05) is 6.61 Å². The Balaban J connectivity index is 2.22. The molecule has 0 bridgehead atoms. The molecule has 1 aliphatic heterocycles. The van der Waals surface area contributed by atoms with Crippen LogP contribution in [-0.2, 0) is 9.53 Å². The second-order valence-corrected chi connectivity index (χ2v) is 6.38. The van der Waals surface area contributed by atoms with Gasteiger partial charge in [0.15, 0.2) is 0 Å². The van der Waals surface area contributed by atoms with Crippen molar-refractivity contribution in [1.29, 1.82) is 0 Å². The molecule has 0 aliphatic carbocycles. The highest BCUT2D eigenvalue weighted by Crippen LogP contribution is 2.29. The number of carbonyl (C=O) groups is 2. The Bertz CT molecular complexity index is 628. The van der Waals surface area contributed by atoms with Crippen LogP contribution in [0, 0.1) is 0 Å². The summed E-state index contributed by atoms with van der Waals surface area (Å²) in [5, 5.41) is 5.44. The van der Waals surface area contributed by atoms with Gasteiger partial charge < -0.3 is 15.4 Å². The van der Waals surface area contributed by atoms with Gasteiger partial charge in [0, 0.05) is 10.2 Å². The molecule has 1 atom stereocenters. The number of urea groups is 1. The fourth-order valence-corrected chi connectivity index (χ4v) is 2.91. The molecule has 1 heterocycles. The van der Waals surface area contributed by atoms with E-state index in [0.29, 0.717) is 17.9 Å². The van der Waals surface area contributed by atoms with Crippen LogP contribution in [0.1, 0.15) is 44.7 Å². The van der Waals surface area contributed by atoms with Gasteiger partial charge in [0.05, 0.1) is 18.2 Å². The van der Waals surface area contributed by atoms with E-state index in [0.717, 1.165) is 29.3 Å². The Labute approximate surface area is 144 Å². The van der Waals surface area contributed by atoms with Gasteiger partial charge in [-0.2, -0.15) is 0 Å². The van der Waals surface area contributed by atoms with E-state index >= 15 is 0 Å². The van der Waals surface area contributed by atoms with Crippen LogP contribution in [-0.4, -0.2) is 18.6 Å². The van der Waals surface area contributed by atoms with E-state index in [1.807, 2.05) is 24.3 Å². The SMILES string of the molecule is CCCCCOC(=O)C1=C(C)NC(=O)N[C@H]1c1cccc(Br)c1. The highest BCUT2D eigenvalue weighted by atomic mass is 79.9. The molecule has 5 nitrogen and oxygen atoms in total. The highest BCUT2D eigenvalue weighted by Gasteiger charge is 2.32. The minimum absolute atomic E-state index is 0.324. The van der Waals surface area contributed by atoms with Crippen molar-refractivity contribution in [3.05, 3.63) is 45.6 Å². The van der Waals surface area contributed by atoms with E-state index in [4.69, 9.17) is 4.74 Å². The lowest BCUT2D eigenvalue weighted by molar-refractivity contribution is -0.139. The first-order chi connectivity index (χ1) is 11.0. The van der Waals surface area contributed by atoms with Crippen LogP contribution in [0.4, 0.5) is 4.79 Å². The Hall–Kier alpha value is -1.82.